The van der Waals surface area contributed by atoms with Gasteiger partial charge in [-0.3, -0.25) is 4.79 Å². The number of ether oxygens (including phenoxy) is 1. The van der Waals surface area contributed by atoms with Crippen LogP contribution in [0.5, 0.6) is 0 Å². The maximum absolute atomic E-state index is 11.4. The highest BCUT2D eigenvalue weighted by Gasteiger charge is 2.25. The molecule has 2 atom stereocenters. The third-order valence-corrected chi connectivity index (χ3v) is 3.19. The molecule has 0 heterocycles. The van der Waals surface area contributed by atoms with E-state index in [4.69, 9.17) is 4.74 Å². The fourth-order valence-corrected chi connectivity index (χ4v) is 2.49. The maximum atomic E-state index is 11.4. The van der Waals surface area contributed by atoms with E-state index < -0.39 is 0 Å². The van der Waals surface area contributed by atoms with Gasteiger partial charge < -0.3 is 10.1 Å². The van der Waals surface area contributed by atoms with E-state index in [1.165, 1.54) is 32.1 Å². The van der Waals surface area contributed by atoms with Crippen LogP contribution in [0.25, 0.3) is 0 Å². The normalized spacial score (nSPS) is 26.3. The molecule has 1 N–H and O–H groups in total. The van der Waals surface area contributed by atoms with E-state index in [0.29, 0.717) is 12.0 Å². The van der Waals surface area contributed by atoms with Crippen LogP contribution in [0.1, 0.15) is 45.4 Å². The van der Waals surface area contributed by atoms with E-state index in [1.54, 1.807) is 7.11 Å². The minimum atomic E-state index is 0.0329. The summed E-state index contributed by atoms with van der Waals surface area (Å²) in [5, 5.41) is 3.09. The van der Waals surface area contributed by atoms with Gasteiger partial charge in [-0.15, -0.1) is 0 Å². The molecule has 0 saturated heterocycles. The number of carbonyl (C=O) groups is 1. The first-order valence-corrected chi connectivity index (χ1v) is 6.06. The van der Waals surface area contributed by atoms with Crippen molar-refractivity contribution in [2.24, 2.45) is 5.92 Å². The summed E-state index contributed by atoms with van der Waals surface area (Å²) in [6.45, 7) is 2.40. The molecule has 1 aliphatic rings. The van der Waals surface area contributed by atoms with Crippen LogP contribution in [-0.4, -0.2) is 25.7 Å². The van der Waals surface area contributed by atoms with Crippen LogP contribution in [-0.2, 0) is 9.53 Å². The molecule has 1 saturated carbocycles. The van der Waals surface area contributed by atoms with Crippen molar-refractivity contribution in [2.75, 3.05) is 13.7 Å². The third kappa shape index (κ3) is 4.20. The molecule has 0 aromatic rings. The minimum absolute atomic E-state index is 0.0329. The molecule has 0 aliphatic heterocycles. The first-order valence-electron chi connectivity index (χ1n) is 6.06. The lowest BCUT2D eigenvalue weighted by Crippen LogP contribution is -2.43. The summed E-state index contributed by atoms with van der Waals surface area (Å²) >= 11 is 0. The number of amides is 1. The van der Waals surface area contributed by atoms with Crippen LogP contribution in [0.2, 0.25) is 0 Å². The Kier molecular flexibility index (Phi) is 5.69. The largest absolute Gasteiger partial charge is 0.375 e. The van der Waals surface area contributed by atoms with Crippen molar-refractivity contribution >= 4 is 5.91 Å². The molecule has 0 radical (unpaired) electrons. The molecule has 15 heavy (non-hydrogen) atoms. The van der Waals surface area contributed by atoms with E-state index in [2.05, 4.69) is 12.2 Å². The summed E-state index contributed by atoms with van der Waals surface area (Å²) in [6.07, 6.45) is 7.42. The average molecular weight is 213 g/mol. The Hall–Kier alpha value is -0.570. The molecule has 3 heteroatoms. The highest BCUT2D eigenvalue weighted by molar-refractivity contribution is 5.77. The molecule has 0 bridgehead atoms. The van der Waals surface area contributed by atoms with E-state index >= 15 is 0 Å². The zero-order valence-electron chi connectivity index (χ0n) is 9.92. The number of carbonyl (C=O) groups excluding carboxylic acids is 1. The van der Waals surface area contributed by atoms with Crippen molar-refractivity contribution < 1.29 is 9.53 Å². The van der Waals surface area contributed by atoms with Crippen molar-refractivity contribution in [2.45, 2.75) is 51.5 Å². The molecular weight excluding hydrogens is 190 g/mol. The van der Waals surface area contributed by atoms with E-state index in [9.17, 15) is 4.79 Å². The molecule has 0 spiro atoms. The Labute approximate surface area is 92.6 Å². The van der Waals surface area contributed by atoms with Crippen molar-refractivity contribution in [1.82, 2.24) is 5.32 Å². The zero-order valence-corrected chi connectivity index (χ0v) is 9.92. The van der Waals surface area contributed by atoms with Gasteiger partial charge in [0.2, 0.25) is 5.91 Å². The quantitative estimate of drug-likeness (QED) is 0.759. The van der Waals surface area contributed by atoms with E-state index in [1.807, 2.05) is 0 Å². The summed E-state index contributed by atoms with van der Waals surface area (Å²) in [5.41, 5.74) is 0. The Bertz CT molecular complexity index is 192. The minimum Gasteiger partial charge on any atom is -0.375 e. The summed E-state index contributed by atoms with van der Waals surface area (Å²) in [7, 11) is 1.56. The Balaban J connectivity index is 2.38. The van der Waals surface area contributed by atoms with Gasteiger partial charge >= 0.3 is 0 Å². The lowest BCUT2D eigenvalue weighted by molar-refractivity contribution is -0.126. The highest BCUT2D eigenvalue weighted by Crippen LogP contribution is 2.27. The molecule has 1 amide bonds. The molecule has 1 aliphatic carbocycles. The molecule has 3 nitrogen and oxygen atoms in total. The predicted octanol–water partition coefficient (Wildman–Crippen LogP) is 2.11. The van der Waals surface area contributed by atoms with E-state index in [-0.39, 0.29) is 12.5 Å². The topological polar surface area (TPSA) is 38.3 Å². The first kappa shape index (κ1) is 12.5. The number of hydrogen-bond acceptors (Lipinski definition) is 2. The lowest BCUT2D eigenvalue weighted by Gasteiger charge is -2.32. The SMILES string of the molecule is CCC[C@H]1CCCC[C@@H]1NC(=O)COC. The molecule has 1 rings (SSSR count). The second-order valence-electron chi connectivity index (χ2n) is 4.44. The van der Waals surface area contributed by atoms with Gasteiger partial charge in [0.05, 0.1) is 0 Å². The van der Waals surface area contributed by atoms with Gasteiger partial charge in [0.25, 0.3) is 0 Å². The number of nitrogens with one attached hydrogen (secondary N) is 1. The second kappa shape index (κ2) is 6.83. The fourth-order valence-electron chi connectivity index (χ4n) is 2.49. The van der Waals surface area contributed by atoms with Crippen LogP contribution in [0, 0.1) is 5.92 Å². The zero-order chi connectivity index (χ0) is 11.1. The summed E-state index contributed by atoms with van der Waals surface area (Å²) in [4.78, 5) is 11.4. The molecule has 0 aromatic carbocycles. The van der Waals surface area contributed by atoms with E-state index in [0.717, 1.165) is 6.42 Å². The highest BCUT2D eigenvalue weighted by atomic mass is 16.5. The predicted molar refractivity (Wildman–Crippen MR) is 60.7 cm³/mol. The average Bonchev–Trinajstić information content (AvgIpc) is 2.21. The maximum Gasteiger partial charge on any atom is 0.246 e. The van der Waals surface area contributed by atoms with Gasteiger partial charge in [-0.25, -0.2) is 0 Å². The Morgan fingerprint density at radius 1 is 1.40 bits per heavy atom. The van der Waals surface area contributed by atoms with Crippen molar-refractivity contribution in [3.05, 3.63) is 0 Å². The van der Waals surface area contributed by atoms with Crippen molar-refractivity contribution in [3.8, 4) is 0 Å². The molecule has 0 aromatic heterocycles. The third-order valence-electron chi connectivity index (χ3n) is 3.19. The molecule has 88 valence electrons. The molecular formula is C12H23NO2. The summed E-state index contributed by atoms with van der Waals surface area (Å²) in [5.74, 6) is 0.718. The van der Waals surface area contributed by atoms with Gasteiger partial charge in [0.1, 0.15) is 6.61 Å². The molecule has 1 fully saturated rings. The van der Waals surface area contributed by atoms with Crippen molar-refractivity contribution in [1.29, 1.82) is 0 Å². The van der Waals surface area contributed by atoms with Crippen molar-refractivity contribution in [3.63, 3.8) is 0 Å². The Morgan fingerprint density at radius 2 is 2.13 bits per heavy atom. The number of rotatable bonds is 5. The van der Waals surface area contributed by atoms with Gasteiger partial charge in [0, 0.05) is 13.2 Å². The smallest absolute Gasteiger partial charge is 0.246 e. The van der Waals surface area contributed by atoms with Crippen LogP contribution in [0.15, 0.2) is 0 Å². The number of methoxy groups -OCH3 is 1. The van der Waals surface area contributed by atoms with Crippen LogP contribution < -0.4 is 5.32 Å². The van der Waals surface area contributed by atoms with Crippen LogP contribution in [0.3, 0.4) is 0 Å². The van der Waals surface area contributed by atoms with Gasteiger partial charge in [0.15, 0.2) is 0 Å². The first-order chi connectivity index (χ1) is 7.27. The van der Waals surface area contributed by atoms with Gasteiger partial charge in [-0.2, -0.15) is 0 Å². The second-order valence-corrected chi connectivity index (χ2v) is 4.44. The van der Waals surface area contributed by atoms with Crippen LogP contribution >= 0.6 is 0 Å². The standard InChI is InChI=1S/C12H23NO2/c1-3-6-10-7-4-5-8-11(10)13-12(14)9-15-2/h10-11H,3-9H2,1-2H3,(H,13,14)/t10-,11-/m0/s1. The van der Waals surface area contributed by atoms with Gasteiger partial charge in [-0.05, 0) is 25.2 Å². The molecule has 0 unspecified atom stereocenters. The Morgan fingerprint density at radius 3 is 2.80 bits per heavy atom. The lowest BCUT2D eigenvalue weighted by atomic mass is 9.82. The monoisotopic (exact) mass is 213 g/mol. The van der Waals surface area contributed by atoms with Crippen LogP contribution in [0.4, 0.5) is 0 Å². The summed E-state index contributed by atoms with van der Waals surface area (Å²) in [6, 6.07) is 0.390. The fraction of sp³-hybridized carbons (Fsp3) is 0.917. The van der Waals surface area contributed by atoms with Gasteiger partial charge in [-0.1, -0.05) is 26.2 Å². The summed E-state index contributed by atoms with van der Waals surface area (Å²) < 4.78 is 4.83. The number of hydrogen-bond donors (Lipinski definition) is 1.